The van der Waals surface area contributed by atoms with Gasteiger partial charge in [-0.15, -0.1) is 0 Å². The molecule has 0 bridgehead atoms. The van der Waals surface area contributed by atoms with Crippen molar-refractivity contribution in [2.45, 2.75) is 39.0 Å². The van der Waals surface area contributed by atoms with Crippen LogP contribution in [0.5, 0.6) is 0 Å². The third kappa shape index (κ3) is 4.01. The molecule has 0 fully saturated rings. The molecule has 2 aliphatic rings. The number of allylic oxidation sites excluding steroid dienone is 2. The first kappa shape index (κ1) is 20.6. The summed E-state index contributed by atoms with van der Waals surface area (Å²) in [6.45, 7) is 3.69. The fraction of sp³-hybridized carbons (Fsp3) is 0.304. The first-order chi connectivity index (χ1) is 14.8. The summed E-state index contributed by atoms with van der Waals surface area (Å²) in [6.07, 6.45) is 3.43. The molecular formula is C23H22N4O4. The van der Waals surface area contributed by atoms with Crippen LogP contribution in [-0.2, 0) is 9.59 Å². The SMILES string of the molecule is CC1=NC2=C(C(=O)CCC2)[C@@H](c2ccc([N+](=O)[O-])cc2)C1C(=O)Nc1cc(C)ccn1. The number of carbonyl (C=O) groups is 2. The van der Waals surface area contributed by atoms with Crippen LogP contribution in [0.3, 0.4) is 0 Å². The number of amides is 1. The van der Waals surface area contributed by atoms with Gasteiger partial charge in [-0.1, -0.05) is 12.1 Å². The van der Waals surface area contributed by atoms with Crippen LogP contribution in [-0.4, -0.2) is 27.3 Å². The van der Waals surface area contributed by atoms with Gasteiger partial charge in [-0.3, -0.25) is 24.7 Å². The molecule has 8 nitrogen and oxygen atoms in total. The molecule has 8 heteroatoms. The van der Waals surface area contributed by atoms with Gasteiger partial charge in [-0.05, 0) is 49.9 Å². The molecule has 1 amide bonds. The predicted molar refractivity (Wildman–Crippen MR) is 116 cm³/mol. The van der Waals surface area contributed by atoms with Crippen LogP contribution in [0.15, 0.2) is 58.9 Å². The standard InChI is InChI=1S/C23H22N4O4/c1-13-10-11-24-19(12-13)26-23(29)20-14(2)25-17-4-3-5-18(28)22(17)21(20)15-6-8-16(9-7-15)27(30)31/h6-12,20-21H,3-5H2,1-2H3,(H,24,26,29)/t20?,21-/m0/s1. The zero-order chi connectivity index (χ0) is 22.1. The van der Waals surface area contributed by atoms with E-state index in [1.54, 1.807) is 31.3 Å². The lowest BCUT2D eigenvalue weighted by atomic mass is 9.71. The lowest BCUT2D eigenvalue weighted by Gasteiger charge is -2.34. The number of rotatable bonds is 4. The van der Waals surface area contributed by atoms with Gasteiger partial charge in [-0.25, -0.2) is 4.98 Å². The Morgan fingerprint density at radius 1 is 1.16 bits per heavy atom. The average molecular weight is 418 g/mol. The number of anilines is 1. The molecule has 1 aromatic carbocycles. The largest absolute Gasteiger partial charge is 0.310 e. The predicted octanol–water partition coefficient (Wildman–Crippen LogP) is 4.12. The number of aromatic nitrogens is 1. The highest BCUT2D eigenvalue weighted by molar-refractivity contribution is 6.13. The van der Waals surface area contributed by atoms with Gasteiger partial charge < -0.3 is 5.32 Å². The Morgan fingerprint density at radius 2 is 1.90 bits per heavy atom. The molecule has 0 saturated carbocycles. The Kier molecular flexibility index (Phi) is 5.46. The van der Waals surface area contributed by atoms with Gasteiger partial charge in [0.25, 0.3) is 5.69 Å². The number of benzene rings is 1. The van der Waals surface area contributed by atoms with E-state index < -0.39 is 16.8 Å². The number of nitrogens with zero attached hydrogens (tertiary/aromatic N) is 3. The highest BCUT2D eigenvalue weighted by Gasteiger charge is 2.42. The van der Waals surface area contributed by atoms with Crippen LogP contribution in [0.4, 0.5) is 11.5 Å². The third-order valence-electron chi connectivity index (χ3n) is 5.75. The summed E-state index contributed by atoms with van der Waals surface area (Å²) in [4.78, 5) is 45.7. The minimum Gasteiger partial charge on any atom is -0.310 e. The number of aryl methyl sites for hydroxylation is 1. The number of non-ortho nitro benzene ring substituents is 1. The molecular weight excluding hydrogens is 396 g/mol. The first-order valence-corrected chi connectivity index (χ1v) is 10.1. The minimum atomic E-state index is -0.718. The highest BCUT2D eigenvalue weighted by atomic mass is 16.6. The van der Waals surface area contributed by atoms with Crippen molar-refractivity contribution >= 4 is 28.9 Å². The van der Waals surface area contributed by atoms with Crippen molar-refractivity contribution in [1.29, 1.82) is 0 Å². The average Bonchev–Trinajstić information content (AvgIpc) is 2.73. The maximum absolute atomic E-state index is 13.4. The first-order valence-electron chi connectivity index (χ1n) is 10.1. The lowest BCUT2D eigenvalue weighted by molar-refractivity contribution is -0.384. The molecule has 2 heterocycles. The Bertz CT molecular complexity index is 1130. The molecule has 0 spiro atoms. The number of Topliss-reactive ketones (excluding diaryl/α,β-unsaturated/α-hetero) is 1. The molecule has 1 unspecified atom stereocenters. The molecule has 1 N–H and O–H groups in total. The van der Waals surface area contributed by atoms with E-state index in [4.69, 9.17) is 0 Å². The van der Waals surface area contributed by atoms with Gasteiger partial charge in [-0.2, -0.15) is 0 Å². The Labute approximate surface area is 179 Å². The number of pyridine rings is 1. The van der Waals surface area contributed by atoms with E-state index >= 15 is 0 Å². The fourth-order valence-corrected chi connectivity index (χ4v) is 4.32. The van der Waals surface area contributed by atoms with Crippen LogP contribution >= 0.6 is 0 Å². The van der Waals surface area contributed by atoms with Crippen molar-refractivity contribution < 1.29 is 14.5 Å². The van der Waals surface area contributed by atoms with E-state index in [1.165, 1.54) is 12.1 Å². The molecule has 2 aromatic rings. The molecule has 31 heavy (non-hydrogen) atoms. The number of nitro benzene ring substituents is 1. The quantitative estimate of drug-likeness (QED) is 0.592. The Hall–Kier alpha value is -3.68. The number of carbonyl (C=O) groups excluding carboxylic acids is 2. The Morgan fingerprint density at radius 3 is 2.58 bits per heavy atom. The number of hydrogen-bond donors (Lipinski definition) is 1. The van der Waals surface area contributed by atoms with Gasteiger partial charge in [0.15, 0.2) is 5.78 Å². The van der Waals surface area contributed by atoms with E-state index in [0.29, 0.717) is 35.5 Å². The number of ketones is 1. The zero-order valence-corrected chi connectivity index (χ0v) is 17.3. The van der Waals surface area contributed by atoms with Crippen LogP contribution in [0.2, 0.25) is 0 Å². The summed E-state index contributed by atoms with van der Waals surface area (Å²) < 4.78 is 0. The maximum Gasteiger partial charge on any atom is 0.269 e. The van der Waals surface area contributed by atoms with Gasteiger partial charge in [0.2, 0.25) is 5.91 Å². The van der Waals surface area contributed by atoms with Crippen molar-refractivity contribution in [3.63, 3.8) is 0 Å². The molecule has 1 aliphatic carbocycles. The highest BCUT2D eigenvalue weighted by Crippen LogP contribution is 2.43. The number of nitro groups is 1. The lowest BCUT2D eigenvalue weighted by Crippen LogP contribution is -2.39. The van der Waals surface area contributed by atoms with Crippen LogP contribution in [0, 0.1) is 23.0 Å². The van der Waals surface area contributed by atoms with E-state index in [1.807, 2.05) is 13.0 Å². The number of hydrogen-bond acceptors (Lipinski definition) is 6. The van der Waals surface area contributed by atoms with Gasteiger partial charge in [0, 0.05) is 47.7 Å². The summed E-state index contributed by atoms with van der Waals surface area (Å²) in [5.74, 6) is -1.18. The second-order valence-electron chi connectivity index (χ2n) is 7.90. The normalized spacial score (nSPS) is 20.7. The summed E-state index contributed by atoms with van der Waals surface area (Å²) >= 11 is 0. The summed E-state index contributed by atoms with van der Waals surface area (Å²) in [7, 11) is 0. The maximum atomic E-state index is 13.4. The van der Waals surface area contributed by atoms with Gasteiger partial charge in [0.05, 0.1) is 10.8 Å². The van der Waals surface area contributed by atoms with E-state index in [-0.39, 0.29) is 17.4 Å². The van der Waals surface area contributed by atoms with Crippen molar-refractivity contribution in [2.24, 2.45) is 10.9 Å². The van der Waals surface area contributed by atoms with Crippen molar-refractivity contribution in [2.75, 3.05) is 5.32 Å². The molecule has 1 aliphatic heterocycles. The molecule has 158 valence electrons. The Balaban J connectivity index is 1.77. The second kappa shape index (κ2) is 8.22. The van der Waals surface area contributed by atoms with Crippen LogP contribution in [0.1, 0.15) is 43.2 Å². The minimum absolute atomic E-state index is 0.0210. The third-order valence-corrected chi connectivity index (χ3v) is 5.75. The smallest absolute Gasteiger partial charge is 0.269 e. The van der Waals surface area contributed by atoms with E-state index in [0.717, 1.165) is 17.7 Å². The summed E-state index contributed by atoms with van der Waals surface area (Å²) in [5.41, 5.74) is 3.47. The van der Waals surface area contributed by atoms with E-state index in [9.17, 15) is 19.7 Å². The molecule has 0 radical (unpaired) electrons. The number of aliphatic imine (C=N–C) groups is 1. The van der Waals surface area contributed by atoms with E-state index in [2.05, 4.69) is 15.3 Å². The van der Waals surface area contributed by atoms with Crippen molar-refractivity contribution in [3.05, 3.63) is 75.1 Å². The van der Waals surface area contributed by atoms with Crippen LogP contribution < -0.4 is 5.32 Å². The van der Waals surface area contributed by atoms with Gasteiger partial charge >= 0.3 is 0 Å². The van der Waals surface area contributed by atoms with Crippen molar-refractivity contribution in [1.82, 2.24) is 4.98 Å². The van der Waals surface area contributed by atoms with Crippen LogP contribution in [0.25, 0.3) is 0 Å². The molecule has 0 saturated heterocycles. The summed E-state index contributed by atoms with van der Waals surface area (Å²) in [5, 5.41) is 13.9. The molecule has 4 rings (SSSR count). The monoisotopic (exact) mass is 418 g/mol. The second-order valence-corrected chi connectivity index (χ2v) is 7.90. The number of nitrogens with one attached hydrogen (secondary N) is 1. The zero-order valence-electron chi connectivity index (χ0n) is 17.3. The summed E-state index contributed by atoms with van der Waals surface area (Å²) in [6, 6.07) is 9.66. The molecule has 2 atom stereocenters. The fourth-order valence-electron chi connectivity index (χ4n) is 4.32. The topological polar surface area (TPSA) is 115 Å². The molecule has 1 aromatic heterocycles. The van der Waals surface area contributed by atoms with Gasteiger partial charge in [0.1, 0.15) is 5.82 Å². The van der Waals surface area contributed by atoms with Crippen molar-refractivity contribution in [3.8, 4) is 0 Å².